The van der Waals surface area contributed by atoms with Crippen LogP contribution in [0, 0.1) is 5.92 Å². The molecule has 1 saturated heterocycles. The van der Waals surface area contributed by atoms with Crippen LogP contribution in [0.1, 0.15) is 31.1 Å². The van der Waals surface area contributed by atoms with Crippen molar-refractivity contribution in [1.82, 2.24) is 14.5 Å². The van der Waals surface area contributed by atoms with Gasteiger partial charge in [0, 0.05) is 39.6 Å². The summed E-state index contributed by atoms with van der Waals surface area (Å²) >= 11 is 0. The molecule has 1 aromatic carbocycles. The Morgan fingerprint density at radius 2 is 1.79 bits per heavy atom. The summed E-state index contributed by atoms with van der Waals surface area (Å²) in [5, 5.41) is 2.63. The van der Waals surface area contributed by atoms with Gasteiger partial charge in [-0.25, -0.2) is 13.2 Å². The smallest absolute Gasteiger partial charge is 0.338 e. The maximum Gasteiger partial charge on any atom is 0.338 e. The Hall–Kier alpha value is -2.46. The van der Waals surface area contributed by atoms with Gasteiger partial charge in [-0.2, -0.15) is 4.31 Å². The van der Waals surface area contributed by atoms with E-state index in [9.17, 15) is 22.8 Å². The van der Waals surface area contributed by atoms with Crippen molar-refractivity contribution < 1.29 is 27.5 Å². The van der Waals surface area contributed by atoms with Gasteiger partial charge in [0.15, 0.2) is 6.61 Å². The van der Waals surface area contributed by atoms with Crippen LogP contribution in [-0.4, -0.2) is 74.7 Å². The average molecular weight is 426 g/mol. The van der Waals surface area contributed by atoms with E-state index in [4.69, 9.17) is 4.74 Å². The summed E-state index contributed by atoms with van der Waals surface area (Å²) in [5.74, 6) is -1.01. The molecule has 0 aromatic heterocycles. The molecule has 29 heavy (non-hydrogen) atoms. The molecule has 0 aliphatic carbocycles. The minimum Gasteiger partial charge on any atom is -0.452 e. The van der Waals surface area contributed by atoms with Crippen molar-refractivity contribution in [2.45, 2.75) is 25.7 Å². The van der Waals surface area contributed by atoms with E-state index in [-0.39, 0.29) is 35.4 Å². The lowest BCUT2D eigenvalue weighted by Gasteiger charge is -2.33. The van der Waals surface area contributed by atoms with E-state index in [1.165, 1.54) is 35.5 Å². The third kappa shape index (κ3) is 6.26. The van der Waals surface area contributed by atoms with E-state index in [1.807, 2.05) is 13.8 Å². The van der Waals surface area contributed by atoms with Gasteiger partial charge in [0.25, 0.3) is 5.91 Å². The average Bonchev–Trinajstić information content (AvgIpc) is 2.70. The molecule has 0 radical (unpaired) electrons. The van der Waals surface area contributed by atoms with Crippen molar-refractivity contribution in [3.05, 3.63) is 29.8 Å². The Labute approximate surface area is 171 Å². The summed E-state index contributed by atoms with van der Waals surface area (Å²) in [4.78, 5) is 36.8. The fraction of sp³-hybridized carbons (Fsp3) is 0.526. The molecule has 9 nitrogen and oxygen atoms in total. The monoisotopic (exact) mass is 425 g/mol. The Morgan fingerprint density at radius 1 is 1.14 bits per heavy atom. The molecule has 0 spiro atoms. The molecule has 1 aromatic rings. The number of sulfonamides is 1. The molecule has 10 heteroatoms. The summed E-state index contributed by atoms with van der Waals surface area (Å²) < 4.78 is 32.0. The highest BCUT2D eigenvalue weighted by molar-refractivity contribution is 7.89. The summed E-state index contributed by atoms with van der Waals surface area (Å²) in [6.07, 6.45) is 0. The number of esters is 1. The van der Waals surface area contributed by atoms with Gasteiger partial charge < -0.3 is 15.0 Å². The van der Waals surface area contributed by atoms with Crippen molar-refractivity contribution >= 4 is 27.8 Å². The molecule has 0 bridgehead atoms. The van der Waals surface area contributed by atoms with Crippen LogP contribution in [0.25, 0.3) is 0 Å². The Bertz CT molecular complexity index is 860. The lowest BCUT2D eigenvalue weighted by molar-refractivity contribution is -0.130. The van der Waals surface area contributed by atoms with Crippen LogP contribution in [0.3, 0.4) is 0 Å². The maximum absolute atomic E-state index is 12.9. The number of benzene rings is 1. The summed E-state index contributed by atoms with van der Waals surface area (Å²) in [6.45, 7) is 6.39. The predicted molar refractivity (Wildman–Crippen MR) is 106 cm³/mol. The summed E-state index contributed by atoms with van der Waals surface area (Å²) in [7, 11) is -3.81. The number of piperazine rings is 1. The molecule has 1 aliphatic heterocycles. The fourth-order valence-electron chi connectivity index (χ4n) is 2.76. The molecule has 1 aliphatic rings. The van der Waals surface area contributed by atoms with Crippen molar-refractivity contribution in [3.63, 3.8) is 0 Å². The van der Waals surface area contributed by atoms with E-state index >= 15 is 0 Å². The highest BCUT2D eigenvalue weighted by Gasteiger charge is 2.29. The SMILES string of the molecule is CC(=O)N1CCN(S(=O)(=O)c2cccc(C(=O)OCC(=O)NCC(C)C)c2)CC1. The van der Waals surface area contributed by atoms with E-state index in [0.29, 0.717) is 19.6 Å². The van der Waals surface area contributed by atoms with Gasteiger partial charge in [-0.1, -0.05) is 19.9 Å². The molecular weight excluding hydrogens is 398 g/mol. The zero-order valence-electron chi connectivity index (χ0n) is 16.9. The van der Waals surface area contributed by atoms with Gasteiger partial charge in [0.1, 0.15) is 0 Å². The Balaban J connectivity index is 2.01. The van der Waals surface area contributed by atoms with Crippen LogP contribution in [0.15, 0.2) is 29.2 Å². The first kappa shape index (κ1) is 22.8. The second-order valence-electron chi connectivity index (χ2n) is 7.21. The molecule has 2 amide bonds. The second-order valence-corrected chi connectivity index (χ2v) is 9.15. The minimum absolute atomic E-state index is 0.0347. The van der Waals surface area contributed by atoms with Gasteiger partial charge in [0.2, 0.25) is 15.9 Å². The largest absolute Gasteiger partial charge is 0.452 e. The minimum atomic E-state index is -3.81. The highest BCUT2D eigenvalue weighted by atomic mass is 32.2. The Morgan fingerprint density at radius 3 is 2.38 bits per heavy atom. The Kier molecular flexibility index (Phi) is 7.74. The van der Waals surface area contributed by atoms with Crippen LogP contribution in [0.4, 0.5) is 0 Å². The molecular formula is C19H27N3O6S. The molecule has 0 saturated carbocycles. The third-order valence-corrected chi connectivity index (χ3v) is 6.33. The van der Waals surface area contributed by atoms with E-state index in [0.717, 1.165) is 0 Å². The quantitative estimate of drug-likeness (QED) is 0.636. The van der Waals surface area contributed by atoms with E-state index < -0.39 is 28.5 Å². The predicted octanol–water partition coefficient (Wildman–Crippen LogP) is 0.468. The zero-order valence-corrected chi connectivity index (χ0v) is 17.7. The lowest BCUT2D eigenvalue weighted by atomic mass is 10.2. The number of nitrogens with one attached hydrogen (secondary N) is 1. The van der Waals surface area contributed by atoms with Crippen LogP contribution in [0.2, 0.25) is 0 Å². The van der Waals surface area contributed by atoms with Crippen molar-refractivity contribution in [2.24, 2.45) is 5.92 Å². The molecule has 1 fully saturated rings. The highest BCUT2D eigenvalue weighted by Crippen LogP contribution is 2.19. The first-order valence-corrected chi connectivity index (χ1v) is 10.8. The number of rotatable bonds is 7. The molecule has 1 heterocycles. The number of carbonyl (C=O) groups excluding carboxylic acids is 3. The number of amides is 2. The summed E-state index contributed by atoms with van der Waals surface area (Å²) in [6, 6.07) is 5.52. The van der Waals surface area contributed by atoms with Crippen molar-refractivity contribution in [2.75, 3.05) is 39.3 Å². The first-order valence-electron chi connectivity index (χ1n) is 9.41. The summed E-state index contributed by atoms with van der Waals surface area (Å²) in [5.41, 5.74) is 0.0464. The normalized spacial score (nSPS) is 15.2. The van der Waals surface area contributed by atoms with Gasteiger partial charge in [0.05, 0.1) is 10.5 Å². The molecule has 0 atom stereocenters. The first-order chi connectivity index (χ1) is 13.6. The van der Waals surface area contributed by atoms with Crippen LogP contribution >= 0.6 is 0 Å². The number of nitrogens with zero attached hydrogens (tertiary/aromatic N) is 2. The van der Waals surface area contributed by atoms with E-state index in [2.05, 4.69) is 5.32 Å². The van der Waals surface area contributed by atoms with Gasteiger partial charge in [-0.3, -0.25) is 9.59 Å². The number of hydrogen-bond donors (Lipinski definition) is 1. The molecule has 160 valence electrons. The standard InChI is InChI=1S/C19H27N3O6S/c1-14(2)12-20-18(24)13-28-19(25)16-5-4-6-17(11-16)29(26,27)22-9-7-21(8-10-22)15(3)23/h4-6,11,14H,7-10,12-13H2,1-3H3,(H,20,24). The zero-order chi connectivity index (χ0) is 21.6. The number of ether oxygens (including phenoxy) is 1. The van der Waals surface area contributed by atoms with Crippen LogP contribution in [-0.2, 0) is 24.3 Å². The van der Waals surface area contributed by atoms with Gasteiger partial charge in [-0.05, 0) is 24.1 Å². The number of hydrogen-bond acceptors (Lipinski definition) is 6. The van der Waals surface area contributed by atoms with Crippen LogP contribution < -0.4 is 5.32 Å². The fourth-order valence-corrected chi connectivity index (χ4v) is 4.23. The van der Waals surface area contributed by atoms with Crippen molar-refractivity contribution in [1.29, 1.82) is 0 Å². The molecule has 0 unspecified atom stereocenters. The van der Waals surface area contributed by atoms with E-state index in [1.54, 1.807) is 4.90 Å². The number of carbonyl (C=O) groups is 3. The van der Waals surface area contributed by atoms with Crippen LogP contribution in [0.5, 0.6) is 0 Å². The topological polar surface area (TPSA) is 113 Å². The lowest BCUT2D eigenvalue weighted by Crippen LogP contribution is -2.49. The maximum atomic E-state index is 12.9. The molecule has 1 N–H and O–H groups in total. The second kappa shape index (κ2) is 9.84. The van der Waals surface area contributed by atoms with Gasteiger partial charge >= 0.3 is 5.97 Å². The third-order valence-electron chi connectivity index (χ3n) is 4.43. The van der Waals surface area contributed by atoms with Crippen molar-refractivity contribution in [3.8, 4) is 0 Å². The molecule has 2 rings (SSSR count). The van der Waals surface area contributed by atoms with Gasteiger partial charge in [-0.15, -0.1) is 0 Å².